The number of ether oxygens (including phenoxy) is 2. The number of aromatic nitrogens is 1. The van der Waals surface area contributed by atoms with E-state index in [2.05, 4.69) is 10.3 Å². The number of nitrogens with zero attached hydrogens (tertiary/aromatic N) is 2. The first-order valence-electron chi connectivity index (χ1n) is 11.8. The zero-order chi connectivity index (χ0) is 24.8. The van der Waals surface area contributed by atoms with Gasteiger partial charge in [-0.05, 0) is 44.4 Å². The number of carbonyl (C=O) groups is 1. The molecule has 0 bridgehead atoms. The number of pyridine rings is 1. The summed E-state index contributed by atoms with van der Waals surface area (Å²) in [6.45, 7) is 7.57. The molecule has 34 heavy (non-hydrogen) atoms. The summed E-state index contributed by atoms with van der Waals surface area (Å²) in [5.41, 5.74) is 0.599. The van der Waals surface area contributed by atoms with Gasteiger partial charge in [0.2, 0.25) is 0 Å². The van der Waals surface area contributed by atoms with Gasteiger partial charge in [-0.25, -0.2) is 13.8 Å². The Bertz CT molecular complexity index is 919. The summed E-state index contributed by atoms with van der Waals surface area (Å²) in [4.78, 5) is 18.5. The van der Waals surface area contributed by atoms with Gasteiger partial charge in [0.15, 0.2) is 0 Å². The molecule has 1 aromatic heterocycles. The van der Waals surface area contributed by atoms with Crippen LogP contribution in [0.1, 0.15) is 62.7 Å². The Morgan fingerprint density at radius 1 is 1.29 bits per heavy atom. The van der Waals surface area contributed by atoms with Crippen LogP contribution in [0.2, 0.25) is 0 Å². The van der Waals surface area contributed by atoms with Gasteiger partial charge in [-0.2, -0.15) is 0 Å². The maximum absolute atomic E-state index is 13.9. The van der Waals surface area contributed by atoms with Crippen LogP contribution in [0.3, 0.4) is 0 Å². The van der Waals surface area contributed by atoms with Crippen molar-refractivity contribution in [1.82, 2.24) is 15.2 Å². The van der Waals surface area contributed by atoms with Crippen LogP contribution >= 0.6 is 0 Å². The van der Waals surface area contributed by atoms with Crippen molar-refractivity contribution in [2.75, 3.05) is 26.2 Å². The average molecular weight is 476 g/mol. The Labute approximate surface area is 200 Å². The van der Waals surface area contributed by atoms with Crippen molar-refractivity contribution >= 4 is 5.91 Å². The minimum atomic E-state index is -2.80. The molecule has 1 saturated heterocycles. The van der Waals surface area contributed by atoms with Gasteiger partial charge in [0.1, 0.15) is 11.4 Å². The van der Waals surface area contributed by atoms with Crippen LogP contribution < -0.4 is 10.1 Å². The van der Waals surface area contributed by atoms with Gasteiger partial charge in [0, 0.05) is 26.6 Å². The Morgan fingerprint density at radius 2 is 2.03 bits per heavy atom. The highest BCUT2D eigenvalue weighted by atomic mass is 19.3. The Morgan fingerprint density at radius 3 is 2.62 bits per heavy atom. The third-order valence-electron chi connectivity index (χ3n) is 5.85. The van der Waals surface area contributed by atoms with E-state index < -0.39 is 11.5 Å². The number of carbonyl (C=O) groups excluding carboxylic acids is 1. The number of hydrogen-bond donors (Lipinski definition) is 1. The third-order valence-corrected chi connectivity index (χ3v) is 5.85. The van der Waals surface area contributed by atoms with Crippen LogP contribution in [0.25, 0.3) is 0 Å². The summed E-state index contributed by atoms with van der Waals surface area (Å²) in [7, 11) is 0. The predicted octanol–water partition coefficient (Wildman–Crippen LogP) is 4.87. The Hall–Kier alpha value is -2.58. The molecule has 6 nitrogen and oxygen atoms in total. The van der Waals surface area contributed by atoms with Crippen LogP contribution in [-0.4, -0.2) is 59.6 Å². The van der Waals surface area contributed by atoms with E-state index in [1.165, 1.54) is 6.20 Å². The third kappa shape index (κ3) is 7.46. The smallest absolute Gasteiger partial charge is 0.269 e. The summed E-state index contributed by atoms with van der Waals surface area (Å²) in [6.07, 6.45) is 2.37. The van der Waals surface area contributed by atoms with E-state index in [0.717, 1.165) is 12.5 Å². The van der Waals surface area contributed by atoms with E-state index in [-0.39, 0.29) is 24.7 Å². The largest absolute Gasteiger partial charge is 0.489 e. The van der Waals surface area contributed by atoms with E-state index in [4.69, 9.17) is 9.47 Å². The minimum Gasteiger partial charge on any atom is -0.489 e. The van der Waals surface area contributed by atoms with Gasteiger partial charge in [0.25, 0.3) is 11.8 Å². The van der Waals surface area contributed by atoms with E-state index in [0.29, 0.717) is 43.9 Å². The van der Waals surface area contributed by atoms with Crippen LogP contribution in [0.15, 0.2) is 48.7 Å². The molecule has 1 aromatic carbocycles. The maximum atomic E-state index is 13.9. The van der Waals surface area contributed by atoms with Gasteiger partial charge in [-0.15, -0.1) is 0 Å². The molecule has 0 aliphatic carbocycles. The molecule has 1 aliphatic rings. The quantitative estimate of drug-likeness (QED) is 0.531. The summed E-state index contributed by atoms with van der Waals surface area (Å²) < 4.78 is 39.8. The van der Waals surface area contributed by atoms with Crippen LogP contribution in [0.5, 0.6) is 5.75 Å². The Kier molecular flexibility index (Phi) is 8.60. The number of rotatable bonds is 10. The van der Waals surface area contributed by atoms with Crippen molar-refractivity contribution < 1.29 is 23.0 Å². The lowest BCUT2D eigenvalue weighted by Gasteiger charge is -2.47. The zero-order valence-corrected chi connectivity index (χ0v) is 20.4. The molecule has 8 heteroatoms. The second-order valence-corrected chi connectivity index (χ2v) is 9.35. The number of morpholine rings is 1. The molecule has 1 fully saturated rings. The lowest BCUT2D eigenvalue weighted by molar-refractivity contribution is -0.173. The van der Waals surface area contributed by atoms with Crippen molar-refractivity contribution in [3.8, 4) is 5.75 Å². The Balaban J connectivity index is 1.66. The maximum Gasteiger partial charge on any atom is 0.269 e. The highest BCUT2D eigenvalue weighted by Crippen LogP contribution is 2.36. The van der Waals surface area contributed by atoms with Crippen molar-refractivity contribution in [1.29, 1.82) is 0 Å². The number of halogens is 2. The van der Waals surface area contributed by atoms with Crippen LogP contribution in [0.4, 0.5) is 8.78 Å². The first-order valence-corrected chi connectivity index (χ1v) is 11.8. The van der Waals surface area contributed by atoms with Crippen molar-refractivity contribution in [3.63, 3.8) is 0 Å². The monoisotopic (exact) mass is 475 g/mol. The molecule has 2 atom stereocenters. The van der Waals surface area contributed by atoms with Gasteiger partial charge < -0.3 is 14.8 Å². The van der Waals surface area contributed by atoms with Gasteiger partial charge in [0.05, 0.1) is 30.6 Å². The average Bonchev–Trinajstić information content (AvgIpc) is 2.78. The van der Waals surface area contributed by atoms with Gasteiger partial charge >= 0.3 is 0 Å². The van der Waals surface area contributed by atoms with Gasteiger partial charge in [-0.3, -0.25) is 9.69 Å². The van der Waals surface area contributed by atoms with Crippen LogP contribution in [-0.2, 0) is 4.74 Å². The fraction of sp³-hybridized carbons (Fsp3) is 0.538. The van der Waals surface area contributed by atoms with Gasteiger partial charge in [-0.1, -0.05) is 37.3 Å². The molecule has 1 aliphatic heterocycles. The fourth-order valence-electron chi connectivity index (χ4n) is 4.30. The van der Waals surface area contributed by atoms with E-state index in [1.807, 2.05) is 51.1 Å². The second kappa shape index (κ2) is 11.2. The topological polar surface area (TPSA) is 63.7 Å². The highest BCUT2D eigenvalue weighted by Gasteiger charge is 2.42. The first-order chi connectivity index (χ1) is 16.1. The molecule has 0 radical (unpaired) electrons. The van der Waals surface area contributed by atoms with E-state index in [9.17, 15) is 13.6 Å². The van der Waals surface area contributed by atoms with Crippen LogP contribution in [0, 0.1) is 0 Å². The summed E-state index contributed by atoms with van der Waals surface area (Å²) in [6, 6.07) is 13.0. The fourth-order valence-corrected chi connectivity index (χ4v) is 4.30. The number of amides is 1. The summed E-state index contributed by atoms with van der Waals surface area (Å²) in [5, 5.41) is 2.89. The standard InChI is InChI=1S/C26H35F2N3O3/c1-5-26(13-14-29-24(32)22-12-11-21(15-30-22)33-19(2)3)18-31(17-25(4,27)28)16-23(34-26)20-9-7-6-8-10-20/h6-12,15,19,23H,5,13-14,16-18H2,1-4H3,(H,29,32). The molecule has 2 aromatic rings. The number of benzene rings is 1. The number of alkyl halides is 2. The first kappa shape index (κ1) is 26.0. The molecule has 0 saturated carbocycles. The molecular formula is C26H35F2N3O3. The molecule has 186 valence electrons. The van der Waals surface area contributed by atoms with Crippen molar-refractivity contribution in [2.45, 2.75) is 64.3 Å². The molecule has 2 heterocycles. The molecular weight excluding hydrogens is 440 g/mol. The van der Waals surface area contributed by atoms with E-state index >= 15 is 0 Å². The van der Waals surface area contributed by atoms with Crippen molar-refractivity contribution in [3.05, 3.63) is 59.9 Å². The highest BCUT2D eigenvalue weighted by molar-refractivity contribution is 5.92. The van der Waals surface area contributed by atoms with E-state index in [1.54, 1.807) is 17.0 Å². The molecule has 2 unspecified atom stereocenters. The zero-order valence-electron chi connectivity index (χ0n) is 20.4. The lowest BCUT2D eigenvalue weighted by atomic mass is 9.91. The SMILES string of the molecule is CCC1(CCNC(=O)c2ccc(OC(C)C)cn2)CN(CC(C)(F)F)CC(c2ccccc2)O1. The molecule has 1 N–H and O–H groups in total. The normalized spacial score (nSPS) is 21.4. The minimum absolute atomic E-state index is 0.0224. The predicted molar refractivity (Wildman–Crippen MR) is 127 cm³/mol. The molecule has 1 amide bonds. The van der Waals surface area contributed by atoms with Crippen molar-refractivity contribution in [2.24, 2.45) is 0 Å². The summed E-state index contributed by atoms with van der Waals surface area (Å²) >= 11 is 0. The second-order valence-electron chi connectivity index (χ2n) is 9.35. The lowest BCUT2D eigenvalue weighted by Crippen LogP contribution is -2.55. The molecule has 3 rings (SSSR count). The molecule has 0 spiro atoms. The number of nitrogens with one attached hydrogen (secondary N) is 1. The summed E-state index contributed by atoms with van der Waals surface area (Å²) in [5.74, 6) is -2.50. The number of hydrogen-bond acceptors (Lipinski definition) is 5.